The molecule has 1 amide bonds. The molecule has 0 unspecified atom stereocenters. The van der Waals surface area contributed by atoms with Crippen molar-refractivity contribution in [3.8, 4) is 5.75 Å². The van der Waals surface area contributed by atoms with Crippen molar-refractivity contribution in [2.45, 2.75) is 13.5 Å². The van der Waals surface area contributed by atoms with E-state index in [9.17, 15) is 28.5 Å². The number of carbonyl (C=O) groups excluding carboxylic acids is 2. The van der Waals surface area contributed by atoms with E-state index < -0.39 is 35.7 Å². The molecule has 0 spiro atoms. The lowest BCUT2D eigenvalue weighted by molar-refractivity contribution is -0.385. The number of nitro benzene ring substituents is 1. The number of carbonyl (C=O) groups is 2. The van der Waals surface area contributed by atoms with Gasteiger partial charge in [0.05, 0.1) is 10.6 Å². The molecule has 0 radical (unpaired) electrons. The Hall–Kier alpha value is -3.56. The quantitative estimate of drug-likeness (QED) is 0.449. The Morgan fingerprint density at radius 2 is 1.89 bits per heavy atom. The van der Waals surface area contributed by atoms with Crippen molar-refractivity contribution < 1.29 is 32.8 Å². The van der Waals surface area contributed by atoms with Crippen molar-refractivity contribution >= 4 is 23.3 Å². The number of aryl methyl sites for hydroxylation is 1. The average Bonchev–Trinajstić information content (AvgIpc) is 2.60. The first-order chi connectivity index (χ1) is 12.8. The fourth-order valence-electron chi connectivity index (χ4n) is 2.23. The number of hydrogen-bond donors (Lipinski definition) is 1. The van der Waals surface area contributed by atoms with Crippen LogP contribution in [-0.2, 0) is 9.53 Å². The number of nitrogens with one attached hydrogen (secondary N) is 1. The zero-order valence-corrected chi connectivity index (χ0v) is 14.0. The highest BCUT2D eigenvalue weighted by Crippen LogP contribution is 2.26. The number of esters is 1. The number of rotatable bonds is 7. The molecule has 1 N–H and O–H groups in total. The van der Waals surface area contributed by atoms with Gasteiger partial charge in [-0.05, 0) is 25.1 Å². The predicted octanol–water partition coefficient (Wildman–Crippen LogP) is 3.30. The first kappa shape index (κ1) is 19.8. The molecule has 0 saturated heterocycles. The number of alkyl halides is 2. The van der Waals surface area contributed by atoms with Gasteiger partial charge in [-0.15, -0.1) is 0 Å². The highest BCUT2D eigenvalue weighted by Gasteiger charge is 2.24. The SMILES string of the molecule is Cc1cccc(C(=O)OCC(=O)Nc2ccccc2OC(F)F)c1[N+](=O)[O-]. The molecule has 0 fully saturated rings. The molecule has 0 heterocycles. The van der Waals surface area contributed by atoms with Gasteiger partial charge in [-0.2, -0.15) is 8.78 Å². The van der Waals surface area contributed by atoms with Crippen LogP contribution in [0.4, 0.5) is 20.2 Å². The van der Waals surface area contributed by atoms with E-state index in [0.29, 0.717) is 0 Å². The van der Waals surface area contributed by atoms with Gasteiger partial charge in [-0.1, -0.05) is 24.3 Å². The van der Waals surface area contributed by atoms with Crippen LogP contribution in [0.2, 0.25) is 0 Å². The second kappa shape index (κ2) is 8.70. The number of amides is 1. The Kier molecular flexibility index (Phi) is 6.36. The van der Waals surface area contributed by atoms with Crippen LogP contribution in [0, 0.1) is 17.0 Å². The molecule has 0 aliphatic heterocycles. The molecule has 8 nitrogen and oxygen atoms in total. The number of hydrogen-bond acceptors (Lipinski definition) is 6. The number of ether oxygens (including phenoxy) is 2. The molecular weight excluding hydrogens is 366 g/mol. The summed E-state index contributed by atoms with van der Waals surface area (Å²) < 4.78 is 33.8. The van der Waals surface area contributed by atoms with E-state index in [1.165, 1.54) is 49.4 Å². The van der Waals surface area contributed by atoms with Crippen molar-refractivity contribution in [3.05, 3.63) is 63.7 Å². The second-order valence-corrected chi connectivity index (χ2v) is 5.23. The lowest BCUT2D eigenvalue weighted by atomic mass is 10.1. The minimum absolute atomic E-state index is 0.0413. The fraction of sp³-hybridized carbons (Fsp3) is 0.176. The van der Waals surface area contributed by atoms with Gasteiger partial charge in [0.25, 0.3) is 11.6 Å². The highest BCUT2D eigenvalue weighted by molar-refractivity contribution is 5.98. The third kappa shape index (κ3) is 5.21. The summed E-state index contributed by atoms with van der Waals surface area (Å²) in [5.41, 5.74) is -0.495. The van der Waals surface area contributed by atoms with E-state index in [4.69, 9.17) is 4.74 Å². The van der Waals surface area contributed by atoms with Gasteiger partial charge >= 0.3 is 12.6 Å². The number of nitro groups is 1. The Morgan fingerprint density at radius 1 is 1.19 bits per heavy atom. The molecule has 0 aliphatic rings. The molecular formula is C17H14F2N2O6. The second-order valence-electron chi connectivity index (χ2n) is 5.23. The molecule has 0 atom stereocenters. The number of benzene rings is 2. The Morgan fingerprint density at radius 3 is 2.56 bits per heavy atom. The van der Waals surface area contributed by atoms with Gasteiger partial charge in [-0.25, -0.2) is 4.79 Å². The summed E-state index contributed by atoms with van der Waals surface area (Å²) in [6.07, 6.45) is 0. The van der Waals surface area contributed by atoms with Gasteiger partial charge in [0, 0.05) is 5.56 Å². The van der Waals surface area contributed by atoms with Gasteiger partial charge < -0.3 is 14.8 Å². The molecule has 2 rings (SSSR count). The summed E-state index contributed by atoms with van der Waals surface area (Å²) in [5, 5.41) is 13.4. The Balaban J connectivity index is 2.04. The number of para-hydroxylation sites is 3. The molecule has 0 aliphatic carbocycles. The number of halogens is 2. The smallest absolute Gasteiger partial charge is 0.387 e. The molecule has 2 aromatic rings. The first-order valence-corrected chi connectivity index (χ1v) is 7.54. The lowest BCUT2D eigenvalue weighted by Gasteiger charge is -2.12. The van der Waals surface area contributed by atoms with Crippen LogP contribution in [0.25, 0.3) is 0 Å². The van der Waals surface area contributed by atoms with E-state index in [1.54, 1.807) is 0 Å². The van der Waals surface area contributed by atoms with Crippen LogP contribution < -0.4 is 10.1 Å². The zero-order valence-electron chi connectivity index (χ0n) is 14.0. The lowest BCUT2D eigenvalue weighted by Crippen LogP contribution is -2.22. The van der Waals surface area contributed by atoms with Crippen LogP contribution in [0.15, 0.2) is 42.5 Å². The third-order valence-electron chi connectivity index (χ3n) is 3.35. The third-order valence-corrected chi connectivity index (χ3v) is 3.35. The average molecular weight is 380 g/mol. The van der Waals surface area contributed by atoms with Crippen LogP contribution in [0.5, 0.6) is 5.75 Å². The summed E-state index contributed by atoms with van der Waals surface area (Å²) >= 11 is 0. The minimum atomic E-state index is -3.08. The standard InChI is InChI=1S/C17H14F2N2O6/c1-10-5-4-6-11(15(10)21(24)25)16(23)26-9-14(22)20-12-7-2-3-8-13(12)27-17(18)19/h2-8,17H,9H2,1H3,(H,20,22). The summed E-state index contributed by atoms with van der Waals surface area (Å²) in [6.45, 7) is -2.39. The van der Waals surface area contributed by atoms with Crippen LogP contribution in [0.3, 0.4) is 0 Å². The van der Waals surface area contributed by atoms with E-state index in [-0.39, 0.29) is 22.6 Å². The fourth-order valence-corrected chi connectivity index (χ4v) is 2.23. The topological polar surface area (TPSA) is 108 Å². The van der Waals surface area contributed by atoms with Crippen molar-refractivity contribution in [3.63, 3.8) is 0 Å². The molecule has 0 aromatic heterocycles. The molecule has 10 heteroatoms. The maximum Gasteiger partial charge on any atom is 0.387 e. The maximum absolute atomic E-state index is 12.4. The van der Waals surface area contributed by atoms with E-state index in [2.05, 4.69) is 10.1 Å². The minimum Gasteiger partial charge on any atom is -0.452 e. The summed E-state index contributed by atoms with van der Waals surface area (Å²) in [6, 6.07) is 9.57. The van der Waals surface area contributed by atoms with E-state index in [0.717, 1.165) is 0 Å². The van der Waals surface area contributed by atoms with Crippen molar-refractivity contribution in [2.75, 3.05) is 11.9 Å². The van der Waals surface area contributed by atoms with Crippen LogP contribution >= 0.6 is 0 Å². The van der Waals surface area contributed by atoms with Gasteiger partial charge in [0.1, 0.15) is 11.3 Å². The molecule has 0 bridgehead atoms. The van der Waals surface area contributed by atoms with Gasteiger partial charge in [-0.3, -0.25) is 14.9 Å². The first-order valence-electron chi connectivity index (χ1n) is 7.54. The van der Waals surface area contributed by atoms with Crippen LogP contribution in [0.1, 0.15) is 15.9 Å². The normalized spacial score (nSPS) is 10.4. The highest BCUT2D eigenvalue weighted by atomic mass is 19.3. The zero-order chi connectivity index (χ0) is 20.0. The number of nitrogens with zero attached hydrogens (tertiary/aromatic N) is 1. The summed E-state index contributed by atoms with van der Waals surface area (Å²) in [5.74, 6) is -2.15. The maximum atomic E-state index is 12.4. The van der Waals surface area contributed by atoms with Crippen molar-refractivity contribution in [1.29, 1.82) is 0 Å². The molecule has 0 saturated carbocycles. The van der Waals surface area contributed by atoms with Crippen molar-refractivity contribution in [1.82, 2.24) is 0 Å². The summed E-state index contributed by atoms with van der Waals surface area (Å²) in [7, 11) is 0. The van der Waals surface area contributed by atoms with Crippen LogP contribution in [-0.4, -0.2) is 30.0 Å². The molecule has 27 heavy (non-hydrogen) atoms. The predicted molar refractivity (Wildman–Crippen MR) is 89.8 cm³/mol. The largest absolute Gasteiger partial charge is 0.452 e. The van der Waals surface area contributed by atoms with Gasteiger partial charge in [0.15, 0.2) is 6.61 Å². The molecule has 2 aromatic carbocycles. The Labute approximate surface area is 151 Å². The van der Waals surface area contributed by atoms with E-state index >= 15 is 0 Å². The molecule has 142 valence electrons. The van der Waals surface area contributed by atoms with E-state index in [1.807, 2.05) is 0 Å². The van der Waals surface area contributed by atoms with Crippen molar-refractivity contribution in [2.24, 2.45) is 0 Å². The van der Waals surface area contributed by atoms with Gasteiger partial charge in [0.2, 0.25) is 0 Å². The summed E-state index contributed by atoms with van der Waals surface area (Å²) in [4.78, 5) is 34.3. The number of anilines is 1. The monoisotopic (exact) mass is 380 g/mol. The Bertz CT molecular complexity index is 872.